The molecule has 1 atom stereocenters. The lowest BCUT2D eigenvalue weighted by atomic mass is 9.89. The minimum absolute atomic E-state index is 0.0127. The Morgan fingerprint density at radius 2 is 1.95 bits per heavy atom. The molecule has 0 saturated carbocycles. The summed E-state index contributed by atoms with van der Waals surface area (Å²) in [4.78, 5) is 12.4. The van der Waals surface area contributed by atoms with Crippen LogP contribution in [0.2, 0.25) is 0 Å². The Balaban J connectivity index is 2.25. The quantitative estimate of drug-likeness (QED) is 0.684. The van der Waals surface area contributed by atoms with E-state index in [0.717, 1.165) is 10.0 Å². The summed E-state index contributed by atoms with van der Waals surface area (Å²) < 4.78 is 6.32. The van der Waals surface area contributed by atoms with Crippen LogP contribution in [0.25, 0.3) is 11.0 Å². The Morgan fingerprint density at radius 1 is 1.18 bits per heavy atom. The van der Waals surface area contributed by atoms with Gasteiger partial charge in [0.1, 0.15) is 11.3 Å². The molecule has 1 heterocycles. The van der Waals surface area contributed by atoms with Crippen molar-refractivity contribution in [1.82, 2.24) is 0 Å². The van der Waals surface area contributed by atoms with Gasteiger partial charge in [-0.05, 0) is 36.2 Å². The third kappa shape index (κ3) is 2.55. The van der Waals surface area contributed by atoms with Gasteiger partial charge in [-0.25, -0.2) is 4.79 Å². The number of fused-ring (bicyclic) bond motifs is 1. The summed E-state index contributed by atoms with van der Waals surface area (Å²) in [5, 5.41) is 11.2. The molecule has 22 heavy (non-hydrogen) atoms. The number of hydrogen-bond acceptors (Lipinski definition) is 3. The van der Waals surface area contributed by atoms with Crippen molar-refractivity contribution in [3.8, 4) is 5.75 Å². The van der Waals surface area contributed by atoms with Crippen LogP contribution in [0.4, 0.5) is 0 Å². The molecule has 0 spiro atoms. The van der Waals surface area contributed by atoms with Crippen molar-refractivity contribution in [2.75, 3.05) is 0 Å². The molecule has 112 valence electrons. The fourth-order valence-corrected chi connectivity index (χ4v) is 3.20. The number of benzene rings is 2. The third-order valence-electron chi connectivity index (χ3n) is 3.83. The molecule has 0 radical (unpaired) electrons. The van der Waals surface area contributed by atoms with Crippen molar-refractivity contribution in [1.29, 1.82) is 0 Å². The van der Waals surface area contributed by atoms with Crippen LogP contribution in [-0.2, 0) is 0 Å². The Kier molecular flexibility index (Phi) is 4.03. The molecule has 3 aromatic rings. The zero-order valence-corrected chi connectivity index (χ0v) is 13.6. The number of rotatable bonds is 3. The minimum Gasteiger partial charge on any atom is -0.507 e. The van der Waals surface area contributed by atoms with Crippen LogP contribution in [0.3, 0.4) is 0 Å². The monoisotopic (exact) mass is 358 g/mol. The maximum atomic E-state index is 12.4. The topological polar surface area (TPSA) is 50.4 Å². The van der Waals surface area contributed by atoms with Crippen molar-refractivity contribution in [3.05, 3.63) is 74.6 Å². The highest BCUT2D eigenvalue weighted by Crippen LogP contribution is 2.36. The van der Waals surface area contributed by atoms with Gasteiger partial charge in [-0.2, -0.15) is 0 Å². The molecule has 0 aliphatic rings. The van der Waals surface area contributed by atoms with E-state index in [1.54, 1.807) is 18.2 Å². The smallest absolute Gasteiger partial charge is 0.343 e. The molecule has 0 saturated heterocycles. The van der Waals surface area contributed by atoms with Gasteiger partial charge in [-0.3, -0.25) is 0 Å². The molecule has 0 amide bonds. The second kappa shape index (κ2) is 5.97. The van der Waals surface area contributed by atoms with Gasteiger partial charge >= 0.3 is 5.63 Å². The molecule has 0 bridgehead atoms. The van der Waals surface area contributed by atoms with Gasteiger partial charge in [0.25, 0.3) is 0 Å². The molecule has 3 nitrogen and oxygen atoms in total. The van der Waals surface area contributed by atoms with Crippen LogP contribution in [0, 0.1) is 0 Å². The van der Waals surface area contributed by atoms with Gasteiger partial charge in [0, 0.05) is 10.4 Å². The summed E-state index contributed by atoms with van der Waals surface area (Å²) in [7, 11) is 0. The average molecular weight is 359 g/mol. The van der Waals surface area contributed by atoms with Crippen molar-refractivity contribution >= 4 is 26.9 Å². The lowest BCUT2D eigenvalue weighted by Gasteiger charge is -2.17. The van der Waals surface area contributed by atoms with Crippen LogP contribution in [0.1, 0.15) is 30.4 Å². The zero-order chi connectivity index (χ0) is 15.7. The van der Waals surface area contributed by atoms with E-state index < -0.39 is 5.63 Å². The van der Waals surface area contributed by atoms with E-state index in [4.69, 9.17) is 4.42 Å². The number of aromatic hydroxyl groups is 1. The Bertz CT molecular complexity index is 883. The van der Waals surface area contributed by atoms with Gasteiger partial charge in [0.2, 0.25) is 0 Å². The van der Waals surface area contributed by atoms with E-state index in [1.807, 2.05) is 37.3 Å². The molecule has 0 aliphatic heterocycles. The molecule has 1 unspecified atom stereocenters. The highest BCUT2D eigenvalue weighted by Gasteiger charge is 2.23. The van der Waals surface area contributed by atoms with Crippen molar-refractivity contribution in [2.45, 2.75) is 19.3 Å². The molecule has 3 rings (SSSR count). The highest BCUT2D eigenvalue weighted by atomic mass is 79.9. The van der Waals surface area contributed by atoms with Crippen LogP contribution in [0.5, 0.6) is 5.75 Å². The van der Waals surface area contributed by atoms with Crippen molar-refractivity contribution < 1.29 is 9.52 Å². The first-order chi connectivity index (χ1) is 10.6. The molecule has 2 aromatic carbocycles. The number of para-hydroxylation sites is 1. The van der Waals surface area contributed by atoms with E-state index in [1.165, 1.54) is 0 Å². The highest BCUT2D eigenvalue weighted by molar-refractivity contribution is 9.10. The lowest BCUT2D eigenvalue weighted by molar-refractivity contribution is 0.450. The van der Waals surface area contributed by atoms with Crippen LogP contribution in [-0.4, -0.2) is 5.11 Å². The Labute approximate surface area is 136 Å². The van der Waals surface area contributed by atoms with Crippen LogP contribution in [0.15, 0.2) is 62.2 Å². The van der Waals surface area contributed by atoms with Crippen molar-refractivity contribution in [3.63, 3.8) is 0 Å². The second-order valence-electron chi connectivity index (χ2n) is 5.16. The maximum absolute atomic E-state index is 12.4. The summed E-state index contributed by atoms with van der Waals surface area (Å²) >= 11 is 3.44. The molecule has 1 N–H and O–H groups in total. The molecule has 0 aliphatic carbocycles. The molecular formula is C18H15BrO3. The molecule has 1 aromatic heterocycles. The average Bonchev–Trinajstić information content (AvgIpc) is 2.51. The van der Waals surface area contributed by atoms with Gasteiger partial charge in [0.05, 0.1) is 10.9 Å². The lowest BCUT2D eigenvalue weighted by Crippen LogP contribution is -2.13. The van der Waals surface area contributed by atoms with E-state index in [9.17, 15) is 9.90 Å². The standard InChI is InChI=1S/C18H15BrO3/c1-2-13(11-6-5-7-12(19)10-11)16-17(20)14-8-3-4-9-15(14)22-18(16)21/h3-10,13,20H,2H2,1H3. The predicted molar refractivity (Wildman–Crippen MR) is 90.4 cm³/mol. The third-order valence-corrected chi connectivity index (χ3v) is 4.32. The van der Waals surface area contributed by atoms with Gasteiger partial charge in [0.15, 0.2) is 0 Å². The van der Waals surface area contributed by atoms with Crippen LogP contribution >= 0.6 is 15.9 Å². The van der Waals surface area contributed by atoms with Gasteiger partial charge in [-0.15, -0.1) is 0 Å². The number of halogens is 1. The maximum Gasteiger partial charge on any atom is 0.343 e. The normalized spacial score (nSPS) is 12.5. The second-order valence-corrected chi connectivity index (χ2v) is 6.08. The van der Waals surface area contributed by atoms with Crippen LogP contribution < -0.4 is 5.63 Å². The van der Waals surface area contributed by atoms with E-state index in [2.05, 4.69) is 15.9 Å². The summed E-state index contributed by atoms with van der Waals surface area (Å²) in [5.74, 6) is -0.197. The van der Waals surface area contributed by atoms with E-state index in [0.29, 0.717) is 23.0 Å². The Hall–Kier alpha value is -2.07. The fourth-order valence-electron chi connectivity index (χ4n) is 2.79. The first-order valence-corrected chi connectivity index (χ1v) is 7.91. The minimum atomic E-state index is -0.483. The van der Waals surface area contributed by atoms with Crippen molar-refractivity contribution in [2.24, 2.45) is 0 Å². The first-order valence-electron chi connectivity index (χ1n) is 7.12. The largest absolute Gasteiger partial charge is 0.507 e. The SMILES string of the molecule is CCC(c1cccc(Br)c1)c1c(O)c2ccccc2oc1=O. The predicted octanol–water partition coefficient (Wildman–Crippen LogP) is 4.80. The van der Waals surface area contributed by atoms with Gasteiger partial charge < -0.3 is 9.52 Å². The molecular weight excluding hydrogens is 344 g/mol. The summed E-state index contributed by atoms with van der Waals surface area (Å²) in [6, 6.07) is 14.8. The summed E-state index contributed by atoms with van der Waals surface area (Å²) in [5.41, 5.74) is 1.20. The summed E-state index contributed by atoms with van der Waals surface area (Å²) in [6.45, 7) is 1.99. The first kappa shape index (κ1) is 14.9. The molecule has 0 fully saturated rings. The van der Waals surface area contributed by atoms with E-state index in [-0.39, 0.29) is 11.7 Å². The zero-order valence-electron chi connectivity index (χ0n) is 12.0. The summed E-state index contributed by atoms with van der Waals surface area (Å²) in [6.07, 6.45) is 0.688. The van der Waals surface area contributed by atoms with E-state index >= 15 is 0 Å². The Morgan fingerprint density at radius 3 is 2.68 bits per heavy atom. The number of hydrogen-bond donors (Lipinski definition) is 1. The fraction of sp³-hybridized carbons (Fsp3) is 0.167. The molecule has 4 heteroatoms. The van der Waals surface area contributed by atoms with Gasteiger partial charge in [-0.1, -0.05) is 47.1 Å².